The zero-order valence-corrected chi connectivity index (χ0v) is 28.7. The Morgan fingerprint density at radius 3 is 2.40 bits per heavy atom. The van der Waals surface area contributed by atoms with Gasteiger partial charge in [-0.3, -0.25) is 19.1 Å². The Kier molecular flexibility index (Phi) is 8.97. The summed E-state index contributed by atoms with van der Waals surface area (Å²) >= 11 is 0. The third kappa shape index (κ3) is 6.64. The van der Waals surface area contributed by atoms with E-state index in [0.29, 0.717) is 37.0 Å². The van der Waals surface area contributed by atoms with Crippen LogP contribution < -0.4 is 16.6 Å². The molecule has 266 valence electrons. The summed E-state index contributed by atoms with van der Waals surface area (Å²) in [6.45, 7) is 5.08. The van der Waals surface area contributed by atoms with Gasteiger partial charge in [0.1, 0.15) is 23.0 Å². The fourth-order valence-electron chi connectivity index (χ4n) is 7.44. The molecule has 8 rings (SSSR count). The number of aromatic nitrogens is 5. The molecule has 2 fully saturated rings. The van der Waals surface area contributed by atoms with Crippen molar-refractivity contribution in [1.82, 2.24) is 38.6 Å². The number of amides is 1. The highest BCUT2D eigenvalue weighted by Crippen LogP contribution is 2.29. The number of benzene rings is 2. The molecule has 1 saturated heterocycles. The van der Waals surface area contributed by atoms with E-state index < -0.39 is 28.9 Å². The van der Waals surface area contributed by atoms with E-state index in [-0.39, 0.29) is 28.7 Å². The Balaban J connectivity index is 1.04. The first kappa shape index (κ1) is 33.6. The zero-order valence-electron chi connectivity index (χ0n) is 28.7. The van der Waals surface area contributed by atoms with Gasteiger partial charge in [0, 0.05) is 57.2 Å². The fraction of sp³-hybridized carbons (Fsp3) is 0.308. The van der Waals surface area contributed by atoms with Crippen molar-refractivity contribution in [1.29, 1.82) is 0 Å². The smallest absolute Gasteiger partial charge is 0.337 e. The molecule has 1 aliphatic carbocycles. The van der Waals surface area contributed by atoms with Crippen LogP contribution in [0.15, 0.2) is 94.9 Å². The monoisotopic (exact) mass is 704 g/mol. The SMILES string of the molecule is CN1CCN(Cc2ccc(-c3cccc(-n4c(=O)n(C5CCC(NC(=O)c6cn7cc(F)ccc7n6)CC5)c(=O)c5cc(F)cnc54)c3)cc2)CC1. The molecule has 2 aliphatic rings. The summed E-state index contributed by atoms with van der Waals surface area (Å²) in [5.41, 5.74) is 3.15. The summed E-state index contributed by atoms with van der Waals surface area (Å²) < 4.78 is 32.2. The fourth-order valence-corrected chi connectivity index (χ4v) is 7.44. The van der Waals surface area contributed by atoms with E-state index in [0.717, 1.165) is 56.1 Å². The lowest BCUT2D eigenvalue weighted by Crippen LogP contribution is -2.45. The molecule has 1 amide bonds. The number of pyridine rings is 2. The largest absolute Gasteiger partial charge is 0.348 e. The highest BCUT2D eigenvalue weighted by atomic mass is 19.1. The molecule has 0 bridgehead atoms. The molecular weight excluding hydrogens is 666 g/mol. The van der Waals surface area contributed by atoms with E-state index in [1.165, 1.54) is 43.6 Å². The highest BCUT2D eigenvalue weighted by Gasteiger charge is 2.29. The van der Waals surface area contributed by atoms with Crippen LogP contribution in [0.2, 0.25) is 0 Å². The third-order valence-electron chi connectivity index (χ3n) is 10.3. The van der Waals surface area contributed by atoms with Crippen LogP contribution in [0.3, 0.4) is 0 Å². The van der Waals surface area contributed by atoms with E-state index in [1.54, 1.807) is 6.07 Å². The van der Waals surface area contributed by atoms with Gasteiger partial charge >= 0.3 is 5.69 Å². The predicted octanol–water partition coefficient (Wildman–Crippen LogP) is 4.80. The average Bonchev–Trinajstić information content (AvgIpc) is 3.58. The van der Waals surface area contributed by atoms with Crippen molar-refractivity contribution < 1.29 is 13.6 Å². The van der Waals surface area contributed by atoms with Gasteiger partial charge in [0.15, 0.2) is 5.65 Å². The maximum Gasteiger partial charge on any atom is 0.337 e. The molecule has 5 heterocycles. The number of hydrogen-bond donors (Lipinski definition) is 1. The molecule has 0 atom stereocenters. The number of carbonyl (C=O) groups excluding carboxylic acids is 1. The molecule has 1 aliphatic heterocycles. The normalized spacial score (nSPS) is 18.6. The lowest BCUT2D eigenvalue weighted by molar-refractivity contribution is 0.0917. The van der Waals surface area contributed by atoms with Gasteiger partial charge in [0.2, 0.25) is 0 Å². The lowest BCUT2D eigenvalue weighted by atomic mass is 9.90. The zero-order chi connectivity index (χ0) is 35.9. The molecule has 11 nitrogen and oxygen atoms in total. The molecule has 13 heteroatoms. The molecule has 0 spiro atoms. The van der Waals surface area contributed by atoms with Gasteiger partial charge < -0.3 is 14.6 Å². The van der Waals surface area contributed by atoms with Crippen LogP contribution in [0.25, 0.3) is 33.5 Å². The summed E-state index contributed by atoms with van der Waals surface area (Å²) in [7, 11) is 2.15. The highest BCUT2D eigenvalue weighted by molar-refractivity contribution is 5.93. The molecule has 0 radical (unpaired) electrons. The number of halogens is 2. The number of rotatable bonds is 7. The Labute approximate surface area is 297 Å². The summed E-state index contributed by atoms with van der Waals surface area (Å²) in [4.78, 5) is 54.5. The quantitative estimate of drug-likeness (QED) is 0.254. The topological polar surface area (TPSA) is 110 Å². The second kappa shape index (κ2) is 13.9. The summed E-state index contributed by atoms with van der Waals surface area (Å²) in [5.74, 6) is -1.50. The maximum atomic E-state index is 14.5. The van der Waals surface area contributed by atoms with E-state index in [1.807, 2.05) is 18.2 Å². The minimum Gasteiger partial charge on any atom is -0.348 e. The Hall–Kier alpha value is -5.53. The molecular formula is C39H38F2N8O3. The van der Waals surface area contributed by atoms with E-state index >= 15 is 0 Å². The van der Waals surface area contributed by atoms with Crippen molar-refractivity contribution in [3.8, 4) is 16.8 Å². The summed E-state index contributed by atoms with van der Waals surface area (Å²) in [6, 6.07) is 19.1. The van der Waals surface area contributed by atoms with Crippen molar-refractivity contribution in [2.24, 2.45) is 0 Å². The van der Waals surface area contributed by atoms with Gasteiger partial charge in [-0.25, -0.2) is 28.1 Å². The first-order valence-electron chi connectivity index (χ1n) is 17.6. The Morgan fingerprint density at radius 1 is 0.865 bits per heavy atom. The first-order chi connectivity index (χ1) is 25.2. The maximum absolute atomic E-state index is 14.5. The minimum atomic E-state index is -0.673. The number of likely N-dealkylation sites (N-methyl/N-ethyl adjacent to an activating group) is 1. The van der Waals surface area contributed by atoms with E-state index in [9.17, 15) is 23.2 Å². The van der Waals surface area contributed by atoms with Crippen molar-refractivity contribution >= 4 is 22.6 Å². The standard InChI is InChI=1S/C39H38F2N8O3/c1-45-15-17-46(18-16-45)22-25-5-7-26(8-6-25)27-3-2-4-32(19-27)48-36-33(20-29(41)21-42-36)38(51)49(39(48)52)31-12-10-30(11-13-31)43-37(50)34-24-47-23-28(40)9-14-35(47)44-34/h2-9,14,19-21,23-24,30-31H,10-13,15-18,22H2,1H3,(H,43,50). The summed E-state index contributed by atoms with van der Waals surface area (Å²) in [6.07, 6.45) is 5.62. The van der Waals surface area contributed by atoms with Crippen molar-refractivity contribution in [3.63, 3.8) is 0 Å². The molecule has 6 aromatic rings. The van der Waals surface area contributed by atoms with Gasteiger partial charge in [-0.05, 0) is 79.8 Å². The molecule has 1 saturated carbocycles. The van der Waals surface area contributed by atoms with Crippen LogP contribution in [-0.2, 0) is 6.54 Å². The van der Waals surface area contributed by atoms with Gasteiger partial charge in [-0.2, -0.15) is 0 Å². The molecule has 4 aromatic heterocycles. The van der Waals surface area contributed by atoms with Crippen LogP contribution in [0.5, 0.6) is 0 Å². The second-order valence-electron chi connectivity index (χ2n) is 13.9. The van der Waals surface area contributed by atoms with E-state index in [2.05, 4.69) is 56.4 Å². The Morgan fingerprint density at radius 2 is 1.63 bits per heavy atom. The number of imidazole rings is 1. The molecule has 1 N–H and O–H groups in total. The van der Waals surface area contributed by atoms with Gasteiger partial charge in [0.25, 0.3) is 11.5 Å². The van der Waals surface area contributed by atoms with Crippen LogP contribution in [0.1, 0.15) is 47.8 Å². The van der Waals surface area contributed by atoms with Crippen LogP contribution >= 0.6 is 0 Å². The molecule has 52 heavy (non-hydrogen) atoms. The average molecular weight is 705 g/mol. The number of nitrogens with one attached hydrogen (secondary N) is 1. The van der Waals surface area contributed by atoms with Gasteiger partial charge in [-0.1, -0.05) is 36.4 Å². The molecule has 0 unspecified atom stereocenters. The van der Waals surface area contributed by atoms with Crippen molar-refractivity contribution in [3.05, 3.63) is 129 Å². The summed E-state index contributed by atoms with van der Waals surface area (Å²) in [5, 5.41) is 3.00. The lowest BCUT2D eigenvalue weighted by Gasteiger charge is -2.32. The Bertz CT molecular complexity index is 2410. The molecule has 2 aromatic carbocycles. The third-order valence-corrected chi connectivity index (χ3v) is 10.3. The van der Waals surface area contributed by atoms with Gasteiger partial charge in [0.05, 0.1) is 17.3 Å². The number of hydrogen-bond acceptors (Lipinski definition) is 7. The van der Waals surface area contributed by atoms with Crippen molar-refractivity contribution in [2.45, 2.75) is 44.3 Å². The number of piperazine rings is 1. The van der Waals surface area contributed by atoms with Crippen LogP contribution in [0.4, 0.5) is 8.78 Å². The predicted molar refractivity (Wildman–Crippen MR) is 194 cm³/mol. The van der Waals surface area contributed by atoms with Crippen LogP contribution in [0, 0.1) is 11.6 Å². The van der Waals surface area contributed by atoms with Crippen LogP contribution in [-0.4, -0.2) is 78.5 Å². The number of nitrogens with zero attached hydrogens (tertiary/aromatic N) is 7. The van der Waals surface area contributed by atoms with Crippen molar-refractivity contribution in [2.75, 3.05) is 33.2 Å². The minimum absolute atomic E-state index is 0.0111. The van der Waals surface area contributed by atoms with E-state index in [4.69, 9.17) is 0 Å². The number of carbonyl (C=O) groups is 1. The van der Waals surface area contributed by atoms with Gasteiger partial charge in [-0.15, -0.1) is 0 Å². The second-order valence-corrected chi connectivity index (χ2v) is 13.9. The number of fused-ring (bicyclic) bond motifs is 2. The first-order valence-corrected chi connectivity index (χ1v) is 17.6.